The summed E-state index contributed by atoms with van der Waals surface area (Å²) in [5, 5.41) is 13.4. The fourth-order valence-corrected chi connectivity index (χ4v) is 5.05. The molecular weight excluding hydrogens is 496 g/mol. The van der Waals surface area contributed by atoms with E-state index in [1.807, 2.05) is 32.9 Å². The van der Waals surface area contributed by atoms with Crippen molar-refractivity contribution in [3.8, 4) is 0 Å². The van der Waals surface area contributed by atoms with Gasteiger partial charge in [0.2, 0.25) is 17.7 Å². The topological polar surface area (TPSA) is 216 Å². The number of nitrogens with one attached hydrogen (secondary N) is 3. The van der Waals surface area contributed by atoms with E-state index in [0.717, 1.165) is 37.7 Å². The maximum absolute atomic E-state index is 13.8. The molecule has 1 fully saturated rings. The number of rotatable bonds is 13. The normalized spacial score (nSPS) is 16.4. The molecule has 0 spiro atoms. The minimum Gasteiger partial charge on any atom is -0.384 e. The molecule has 0 saturated heterocycles. The van der Waals surface area contributed by atoms with Gasteiger partial charge >= 0.3 is 0 Å². The van der Waals surface area contributed by atoms with E-state index in [4.69, 9.17) is 28.3 Å². The summed E-state index contributed by atoms with van der Waals surface area (Å²) in [5.74, 6) is -1.49. The Hall–Kier alpha value is -3.63. The van der Waals surface area contributed by atoms with Crippen LogP contribution in [0.4, 0.5) is 0 Å². The maximum Gasteiger partial charge on any atom is 0.243 e. The summed E-state index contributed by atoms with van der Waals surface area (Å²) < 4.78 is 0. The molecule has 0 heterocycles. The number of benzene rings is 1. The van der Waals surface area contributed by atoms with Crippen molar-refractivity contribution in [2.45, 2.75) is 84.2 Å². The first kappa shape index (κ1) is 31.6. The van der Waals surface area contributed by atoms with E-state index >= 15 is 0 Å². The summed E-state index contributed by atoms with van der Waals surface area (Å²) in [5.41, 5.74) is 22.8. The molecule has 0 aromatic heterocycles. The molecule has 0 aliphatic heterocycles. The fourth-order valence-electron chi connectivity index (χ4n) is 5.05. The van der Waals surface area contributed by atoms with Crippen LogP contribution in [-0.2, 0) is 20.8 Å². The van der Waals surface area contributed by atoms with E-state index in [9.17, 15) is 14.4 Å². The number of guanidine groups is 1. The van der Waals surface area contributed by atoms with E-state index in [-0.39, 0.29) is 36.0 Å². The van der Waals surface area contributed by atoms with Crippen molar-refractivity contribution in [2.75, 3.05) is 6.54 Å². The Balaban J connectivity index is 2.20. The molecule has 11 N–H and O–H groups in total. The maximum atomic E-state index is 13.8. The van der Waals surface area contributed by atoms with Gasteiger partial charge in [-0.2, -0.15) is 0 Å². The van der Waals surface area contributed by atoms with E-state index in [1.54, 1.807) is 12.1 Å². The third kappa shape index (κ3) is 10.2. The molecule has 3 amide bonds. The highest BCUT2D eigenvalue weighted by molar-refractivity contribution is 5.95. The minimum absolute atomic E-state index is 0.00680. The number of carbonyl (C=O) groups is 3. The molecule has 11 heteroatoms. The van der Waals surface area contributed by atoms with Gasteiger partial charge in [-0.05, 0) is 49.0 Å². The number of nitrogens with zero attached hydrogens (tertiary/aromatic N) is 1. The smallest absolute Gasteiger partial charge is 0.243 e. The second kappa shape index (κ2) is 14.5. The Labute approximate surface area is 231 Å². The van der Waals surface area contributed by atoms with Gasteiger partial charge in [0.15, 0.2) is 5.96 Å². The number of nitrogen functional groups attached to an aromatic ring is 1. The predicted molar refractivity (Wildman–Crippen MR) is 154 cm³/mol. The number of aliphatic imine (C=N–C) groups is 1. The molecule has 1 aliphatic carbocycles. The highest BCUT2D eigenvalue weighted by Crippen LogP contribution is 2.33. The first-order valence-electron chi connectivity index (χ1n) is 13.7. The number of primary amides is 1. The molecular formula is C28H46N8O3. The van der Waals surface area contributed by atoms with Crippen LogP contribution in [-0.4, -0.2) is 48.1 Å². The van der Waals surface area contributed by atoms with Crippen molar-refractivity contribution in [1.82, 2.24) is 10.6 Å². The highest BCUT2D eigenvalue weighted by atomic mass is 16.2. The lowest BCUT2D eigenvalue weighted by Crippen LogP contribution is -2.58. The molecule has 1 aliphatic rings. The van der Waals surface area contributed by atoms with Crippen LogP contribution in [0.2, 0.25) is 0 Å². The average Bonchev–Trinajstić information content (AvgIpc) is 2.87. The van der Waals surface area contributed by atoms with Crippen LogP contribution in [0.1, 0.15) is 76.8 Å². The highest BCUT2D eigenvalue weighted by Gasteiger charge is 2.38. The monoisotopic (exact) mass is 542 g/mol. The Morgan fingerprint density at radius 2 is 1.59 bits per heavy atom. The molecule has 1 unspecified atom stereocenters. The lowest BCUT2D eigenvalue weighted by molar-refractivity contribution is -0.136. The number of nitrogens with two attached hydrogens (primary N) is 4. The van der Waals surface area contributed by atoms with Crippen molar-refractivity contribution < 1.29 is 14.4 Å². The molecule has 1 saturated carbocycles. The van der Waals surface area contributed by atoms with Gasteiger partial charge in [0.25, 0.3) is 0 Å². The lowest BCUT2D eigenvalue weighted by atomic mass is 9.76. The molecule has 39 heavy (non-hydrogen) atoms. The molecule has 2 rings (SSSR count). The van der Waals surface area contributed by atoms with Crippen LogP contribution in [0.25, 0.3) is 0 Å². The van der Waals surface area contributed by atoms with Gasteiger partial charge in [-0.15, -0.1) is 0 Å². The zero-order valence-electron chi connectivity index (χ0n) is 23.5. The van der Waals surface area contributed by atoms with Crippen molar-refractivity contribution in [2.24, 2.45) is 45.2 Å². The number of hydrogen-bond acceptors (Lipinski definition) is 5. The van der Waals surface area contributed by atoms with Gasteiger partial charge in [-0.25, -0.2) is 0 Å². The van der Waals surface area contributed by atoms with E-state index in [1.165, 1.54) is 0 Å². The summed E-state index contributed by atoms with van der Waals surface area (Å²) in [6, 6.07) is 5.57. The van der Waals surface area contributed by atoms with Crippen LogP contribution >= 0.6 is 0 Å². The average molecular weight is 543 g/mol. The number of carbonyl (C=O) groups excluding carboxylic acids is 3. The van der Waals surface area contributed by atoms with Crippen molar-refractivity contribution in [1.29, 1.82) is 5.41 Å². The third-order valence-electron chi connectivity index (χ3n) is 7.30. The Bertz CT molecular complexity index is 1020. The van der Waals surface area contributed by atoms with Gasteiger partial charge in [-0.1, -0.05) is 64.3 Å². The van der Waals surface area contributed by atoms with E-state index in [2.05, 4.69) is 15.6 Å². The second-order valence-corrected chi connectivity index (χ2v) is 11.5. The van der Waals surface area contributed by atoms with Gasteiger partial charge < -0.3 is 33.6 Å². The van der Waals surface area contributed by atoms with Gasteiger partial charge in [-0.3, -0.25) is 24.8 Å². The molecule has 0 radical (unpaired) electrons. The number of hydrogen-bond donors (Lipinski definition) is 7. The Morgan fingerprint density at radius 1 is 0.974 bits per heavy atom. The van der Waals surface area contributed by atoms with Crippen molar-refractivity contribution in [3.63, 3.8) is 0 Å². The second-order valence-electron chi connectivity index (χ2n) is 11.5. The Morgan fingerprint density at radius 3 is 2.10 bits per heavy atom. The van der Waals surface area contributed by atoms with Crippen LogP contribution in [0.3, 0.4) is 0 Å². The molecule has 0 bridgehead atoms. The van der Waals surface area contributed by atoms with Crippen molar-refractivity contribution >= 4 is 29.5 Å². The SMILES string of the molecule is CC(C)(C)[C@H](NC(=O)[C@@H](Cc1ccc(C(=N)N)cc1)C1CCCCC1)C(=O)NC(CCCN=C(N)N)C(N)=O. The first-order chi connectivity index (χ1) is 18.3. The van der Waals surface area contributed by atoms with Crippen LogP contribution < -0.4 is 33.6 Å². The van der Waals surface area contributed by atoms with Gasteiger partial charge in [0.1, 0.15) is 17.9 Å². The summed E-state index contributed by atoms with van der Waals surface area (Å²) in [7, 11) is 0. The lowest BCUT2D eigenvalue weighted by Gasteiger charge is -2.35. The largest absolute Gasteiger partial charge is 0.384 e. The zero-order chi connectivity index (χ0) is 29.2. The summed E-state index contributed by atoms with van der Waals surface area (Å²) >= 11 is 0. The van der Waals surface area contributed by atoms with E-state index < -0.39 is 29.3 Å². The minimum atomic E-state index is -0.914. The molecule has 3 atom stereocenters. The zero-order valence-corrected chi connectivity index (χ0v) is 23.5. The van der Waals surface area contributed by atoms with Crippen LogP contribution in [0.15, 0.2) is 29.3 Å². The Kier molecular flexibility index (Phi) is 11.7. The van der Waals surface area contributed by atoms with Gasteiger partial charge in [0, 0.05) is 18.0 Å². The molecule has 216 valence electrons. The standard InChI is InChI=1S/C28H46N8O3/c1-28(2,3)22(26(39)35-21(24(31)37)10-7-15-34-27(32)33)36-25(38)20(18-8-5-4-6-9-18)16-17-11-13-19(14-12-17)23(29)30/h11-14,18,20-22H,4-10,15-16H2,1-3H3,(H3,29,30)(H2,31,37)(H,35,39)(H,36,38)(H4,32,33,34)/t20-,21?,22+/m0/s1. The quantitative estimate of drug-likeness (QED) is 0.110. The number of amides is 3. The number of amidine groups is 1. The van der Waals surface area contributed by atoms with E-state index in [0.29, 0.717) is 24.9 Å². The first-order valence-corrected chi connectivity index (χ1v) is 13.7. The molecule has 11 nitrogen and oxygen atoms in total. The molecule has 1 aromatic carbocycles. The molecule has 1 aromatic rings. The summed E-state index contributed by atoms with van der Waals surface area (Å²) in [4.78, 5) is 43.2. The van der Waals surface area contributed by atoms with Crippen molar-refractivity contribution in [3.05, 3.63) is 35.4 Å². The van der Waals surface area contributed by atoms with Gasteiger partial charge in [0.05, 0.1) is 0 Å². The predicted octanol–water partition coefficient (Wildman–Crippen LogP) is 1.26. The fraction of sp³-hybridized carbons (Fsp3) is 0.607. The summed E-state index contributed by atoms with van der Waals surface area (Å²) in [6.45, 7) is 5.90. The van der Waals surface area contributed by atoms with Crippen LogP contribution in [0.5, 0.6) is 0 Å². The van der Waals surface area contributed by atoms with Crippen LogP contribution in [0, 0.1) is 22.7 Å². The summed E-state index contributed by atoms with van der Waals surface area (Å²) in [6.07, 6.45) is 6.44. The third-order valence-corrected chi connectivity index (χ3v) is 7.30.